The maximum atomic E-state index is 12.0. The quantitative estimate of drug-likeness (QED) is 0.904. The molecule has 0 saturated heterocycles. The number of amides is 1. The Morgan fingerprint density at radius 2 is 1.86 bits per heavy atom. The van der Waals surface area contributed by atoms with Crippen LogP contribution in [0.15, 0.2) is 30.3 Å². The van der Waals surface area contributed by atoms with E-state index in [2.05, 4.69) is 0 Å². The monoisotopic (exact) mass is 321 g/mol. The maximum absolute atomic E-state index is 12.0. The third kappa shape index (κ3) is 4.73. The molecule has 1 fully saturated rings. The number of alkyl halides is 3. The predicted molar refractivity (Wildman–Crippen MR) is 69.9 cm³/mol. The molecule has 0 heterocycles. The lowest BCUT2D eigenvalue weighted by Gasteiger charge is -2.08. The minimum Gasteiger partial charge on any atom is -0.274 e. The zero-order chi connectivity index (χ0) is 15.7. The summed E-state index contributed by atoms with van der Waals surface area (Å²) in [6, 6.07) is 9.10. The molecule has 1 aromatic carbocycles. The van der Waals surface area contributed by atoms with Crippen molar-refractivity contribution in [2.75, 3.05) is 5.75 Å². The van der Waals surface area contributed by atoms with Crippen LogP contribution in [0.4, 0.5) is 13.2 Å². The normalized spacial score (nSPS) is 21.9. The van der Waals surface area contributed by atoms with Crippen LogP contribution >= 0.6 is 0 Å². The maximum Gasteiger partial charge on any atom is 0.390 e. The number of nitrogens with one attached hydrogen (secondary N) is 1. The minimum atomic E-state index is -4.57. The fourth-order valence-electron chi connectivity index (χ4n) is 2.08. The van der Waals surface area contributed by atoms with E-state index in [0.29, 0.717) is 6.42 Å². The van der Waals surface area contributed by atoms with Gasteiger partial charge in [0, 0.05) is 5.92 Å². The molecule has 2 atom stereocenters. The van der Waals surface area contributed by atoms with Gasteiger partial charge in [-0.05, 0) is 17.9 Å². The van der Waals surface area contributed by atoms with Gasteiger partial charge in [-0.1, -0.05) is 30.3 Å². The van der Waals surface area contributed by atoms with Crippen LogP contribution in [-0.2, 0) is 14.8 Å². The first-order chi connectivity index (χ1) is 9.68. The number of sulfonamides is 1. The molecule has 0 bridgehead atoms. The highest BCUT2D eigenvalue weighted by Gasteiger charge is 2.45. The van der Waals surface area contributed by atoms with E-state index in [1.807, 2.05) is 30.3 Å². The van der Waals surface area contributed by atoms with Gasteiger partial charge in [0.05, 0.1) is 12.2 Å². The number of hydrogen-bond acceptors (Lipinski definition) is 3. The molecule has 1 amide bonds. The van der Waals surface area contributed by atoms with Crippen LogP contribution in [0.5, 0.6) is 0 Å². The van der Waals surface area contributed by atoms with Crippen LogP contribution in [0, 0.1) is 5.92 Å². The Labute approximate surface area is 120 Å². The molecule has 0 spiro atoms. The highest BCUT2D eigenvalue weighted by Crippen LogP contribution is 2.47. The molecule has 0 aromatic heterocycles. The van der Waals surface area contributed by atoms with Gasteiger partial charge in [-0.15, -0.1) is 0 Å². The average Bonchev–Trinajstić information content (AvgIpc) is 3.17. The number of halogens is 3. The number of carbonyl (C=O) groups excluding carboxylic acids is 1. The van der Waals surface area contributed by atoms with Crippen LogP contribution in [0.2, 0.25) is 0 Å². The van der Waals surface area contributed by atoms with Gasteiger partial charge >= 0.3 is 6.18 Å². The second-order valence-electron chi connectivity index (χ2n) is 5.01. The second kappa shape index (κ2) is 5.67. The van der Waals surface area contributed by atoms with Gasteiger partial charge in [-0.2, -0.15) is 13.2 Å². The smallest absolute Gasteiger partial charge is 0.274 e. The van der Waals surface area contributed by atoms with Crippen LogP contribution in [-0.4, -0.2) is 26.3 Å². The number of rotatable bonds is 5. The highest BCUT2D eigenvalue weighted by atomic mass is 32.2. The summed E-state index contributed by atoms with van der Waals surface area (Å²) in [7, 11) is -4.24. The molecule has 8 heteroatoms. The van der Waals surface area contributed by atoms with E-state index >= 15 is 0 Å². The molecule has 0 unspecified atom stereocenters. The molecular weight excluding hydrogens is 307 g/mol. The van der Waals surface area contributed by atoms with Gasteiger partial charge in [0.15, 0.2) is 0 Å². The Morgan fingerprint density at radius 3 is 2.43 bits per heavy atom. The molecule has 1 saturated carbocycles. The van der Waals surface area contributed by atoms with Gasteiger partial charge in [-0.3, -0.25) is 9.52 Å². The lowest BCUT2D eigenvalue weighted by atomic mass is 10.1. The van der Waals surface area contributed by atoms with E-state index in [1.165, 1.54) is 0 Å². The summed E-state index contributed by atoms with van der Waals surface area (Å²) in [5, 5.41) is 0. The first kappa shape index (κ1) is 15.8. The van der Waals surface area contributed by atoms with E-state index in [0.717, 1.165) is 5.56 Å². The van der Waals surface area contributed by atoms with Crippen molar-refractivity contribution in [3.63, 3.8) is 0 Å². The Kier molecular flexibility index (Phi) is 4.27. The third-order valence-electron chi connectivity index (χ3n) is 3.27. The summed E-state index contributed by atoms with van der Waals surface area (Å²) in [6.07, 6.45) is -5.53. The molecule has 4 nitrogen and oxygen atoms in total. The first-order valence-electron chi connectivity index (χ1n) is 6.34. The Hall–Kier alpha value is -1.57. The lowest BCUT2D eigenvalue weighted by Crippen LogP contribution is -2.35. The van der Waals surface area contributed by atoms with Crippen molar-refractivity contribution in [2.45, 2.75) is 24.9 Å². The summed E-state index contributed by atoms with van der Waals surface area (Å²) >= 11 is 0. The topological polar surface area (TPSA) is 63.2 Å². The third-order valence-corrected chi connectivity index (χ3v) is 4.52. The molecule has 0 aliphatic heterocycles. The molecule has 1 N–H and O–H groups in total. The summed E-state index contributed by atoms with van der Waals surface area (Å²) in [5.41, 5.74) is 0.922. The van der Waals surface area contributed by atoms with E-state index in [9.17, 15) is 26.4 Å². The van der Waals surface area contributed by atoms with Gasteiger partial charge in [-0.25, -0.2) is 8.42 Å². The van der Waals surface area contributed by atoms with E-state index in [4.69, 9.17) is 0 Å². The number of hydrogen-bond donors (Lipinski definition) is 1. The average molecular weight is 321 g/mol. The molecule has 21 heavy (non-hydrogen) atoms. The summed E-state index contributed by atoms with van der Waals surface area (Å²) in [6.45, 7) is 0. The van der Waals surface area contributed by atoms with Gasteiger partial charge < -0.3 is 0 Å². The van der Waals surface area contributed by atoms with Crippen molar-refractivity contribution in [3.05, 3.63) is 35.9 Å². The first-order valence-corrected chi connectivity index (χ1v) is 7.99. The van der Waals surface area contributed by atoms with E-state index in [-0.39, 0.29) is 5.92 Å². The zero-order valence-electron chi connectivity index (χ0n) is 10.9. The summed E-state index contributed by atoms with van der Waals surface area (Å²) in [5.74, 6) is -2.42. The summed E-state index contributed by atoms with van der Waals surface area (Å²) in [4.78, 5) is 11.8. The van der Waals surface area contributed by atoms with Crippen molar-refractivity contribution in [1.29, 1.82) is 0 Å². The van der Waals surface area contributed by atoms with E-state index in [1.54, 1.807) is 4.72 Å². The van der Waals surface area contributed by atoms with Gasteiger partial charge in [0.1, 0.15) is 0 Å². The van der Waals surface area contributed by atoms with E-state index < -0.39 is 40.2 Å². The zero-order valence-corrected chi connectivity index (χ0v) is 11.7. The number of benzene rings is 1. The van der Waals surface area contributed by atoms with Crippen LogP contribution < -0.4 is 4.72 Å². The van der Waals surface area contributed by atoms with Crippen molar-refractivity contribution in [3.8, 4) is 0 Å². The fraction of sp³-hybridized carbons (Fsp3) is 0.462. The van der Waals surface area contributed by atoms with Gasteiger partial charge in [0.2, 0.25) is 15.9 Å². The number of carbonyl (C=O) groups is 1. The summed E-state index contributed by atoms with van der Waals surface area (Å²) < 4.78 is 60.6. The Morgan fingerprint density at radius 1 is 1.24 bits per heavy atom. The fourth-order valence-corrected chi connectivity index (χ4v) is 3.14. The molecule has 2 rings (SSSR count). The van der Waals surface area contributed by atoms with Crippen molar-refractivity contribution in [1.82, 2.24) is 4.72 Å². The molecule has 1 aliphatic rings. The molecular formula is C13H14F3NO3S. The molecule has 116 valence electrons. The van der Waals surface area contributed by atoms with Crippen LogP contribution in [0.1, 0.15) is 24.3 Å². The van der Waals surface area contributed by atoms with Crippen molar-refractivity contribution in [2.24, 2.45) is 5.92 Å². The molecule has 0 radical (unpaired) electrons. The lowest BCUT2D eigenvalue weighted by molar-refractivity contribution is -0.130. The predicted octanol–water partition coefficient (Wildman–Crippen LogP) is 2.19. The van der Waals surface area contributed by atoms with Crippen molar-refractivity contribution >= 4 is 15.9 Å². The van der Waals surface area contributed by atoms with Gasteiger partial charge in [0.25, 0.3) is 0 Å². The largest absolute Gasteiger partial charge is 0.390 e. The SMILES string of the molecule is O=C(NS(=O)(=O)CCC(F)(F)F)[C@H]1C[C@@H]1c1ccccc1. The minimum absolute atomic E-state index is 0.0657. The van der Waals surface area contributed by atoms with Crippen LogP contribution in [0.25, 0.3) is 0 Å². The Balaban J connectivity index is 1.88. The highest BCUT2D eigenvalue weighted by molar-refractivity contribution is 7.90. The molecule has 1 aromatic rings. The van der Waals surface area contributed by atoms with Crippen LogP contribution in [0.3, 0.4) is 0 Å². The van der Waals surface area contributed by atoms with Crippen molar-refractivity contribution < 1.29 is 26.4 Å². The Bertz CT molecular complexity index is 613. The standard InChI is InChI=1S/C13H14F3NO3S/c14-13(15,16)6-7-21(19,20)17-12(18)11-8-10(11)9-4-2-1-3-5-9/h1-5,10-11H,6-8H2,(H,17,18)/t10-,11+/m1/s1. The molecule has 1 aliphatic carbocycles. The second-order valence-corrected chi connectivity index (χ2v) is 6.85.